The number of carbonyl (C=O) groups excluding carboxylic acids is 1. The molecule has 0 bridgehead atoms. The largest absolute Gasteiger partial charge is 0.350 e. The third kappa shape index (κ3) is 3.93. The second-order valence-electron chi connectivity index (χ2n) is 4.08. The first-order valence-corrected chi connectivity index (χ1v) is 5.93. The van der Waals surface area contributed by atoms with Crippen molar-refractivity contribution in [2.45, 2.75) is 13.0 Å². The van der Waals surface area contributed by atoms with Crippen LogP contribution in [0.5, 0.6) is 0 Å². The molecule has 0 saturated carbocycles. The van der Waals surface area contributed by atoms with Crippen molar-refractivity contribution in [2.24, 2.45) is 0 Å². The van der Waals surface area contributed by atoms with Crippen LogP contribution in [-0.2, 0) is 17.8 Å². The van der Waals surface area contributed by atoms with Gasteiger partial charge >= 0.3 is 0 Å². The predicted octanol–water partition coefficient (Wildman–Crippen LogP) is 1.81. The van der Waals surface area contributed by atoms with E-state index in [0.29, 0.717) is 18.5 Å². The Balaban J connectivity index is 1.86. The van der Waals surface area contributed by atoms with Crippen molar-refractivity contribution >= 4 is 5.91 Å². The molecular formula is C15H13N3O. The van der Waals surface area contributed by atoms with Crippen LogP contribution in [0.25, 0.3) is 0 Å². The van der Waals surface area contributed by atoms with Gasteiger partial charge in [-0.2, -0.15) is 5.26 Å². The number of pyridine rings is 1. The number of nitriles is 1. The summed E-state index contributed by atoms with van der Waals surface area (Å²) >= 11 is 0. The predicted molar refractivity (Wildman–Crippen MR) is 70.9 cm³/mol. The lowest BCUT2D eigenvalue weighted by atomic mass is 10.1. The fourth-order valence-corrected chi connectivity index (χ4v) is 1.64. The first-order chi connectivity index (χ1) is 9.28. The van der Waals surface area contributed by atoms with Gasteiger partial charge in [0.2, 0.25) is 5.91 Å². The fraction of sp³-hybridized carbons (Fsp3) is 0.133. The molecule has 0 aliphatic rings. The number of nitrogens with one attached hydrogen (secondary N) is 1. The van der Waals surface area contributed by atoms with E-state index in [-0.39, 0.29) is 5.91 Å². The van der Waals surface area contributed by atoms with Gasteiger partial charge in [-0.1, -0.05) is 18.2 Å². The Hall–Kier alpha value is -2.67. The summed E-state index contributed by atoms with van der Waals surface area (Å²) in [6, 6.07) is 14.6. The van der Waals surface area contributed by atoms with Crippen LogP contribution in [0.1, 0.15) is 16.8 Å². The zero-order valence-corrected chi connectivity index (χ0v) is 10.3. The number of rotatable bonds is 4. The monoisotopic (exact) mass is 251 g/mol. The zero-order chi connectivity index (χ0) is 13.5. The highest BCUT2D eigenvalue weighted by molar-refractivity contribution is 5.78. The molecule has 19 heavy (non-hydrogen) atoms. The number of nitrogens with zero attached hydrogens (tertiary/aromatic N) is 2. The van der Waals surface area contributed by atoms with Crippen molar-refractivity contribution in [3.63, 3.8) is 0 Å². The summed E-state index contributed by atoms with van der Waals surface area (Å²) in [5.41, 5.74) is 2.31. The molecule has 1 aromatic carbocycles. The summed E-state index contributed by atoms with van der Waals surface area (Å²) in [5, 5.41) is 11.5. The van der Waals surface area contributed by atoms with Crippen molar-refractivity contribution < 1.29 is 4.79 Å². The topological polar surface area (TPSA) is 65.8 Å². The number of amides is 1. The van der Waals surface area contributed by atoms with Crippen LogP contribution < -0.4 is 5.32 Å². The van der Waals surface area contributed by atoms with Gasteiger partial charge in [0.05, 0.1) is 30.3 Å². The first kappa shape index (κ1) is 12.8. The fourth-order valence-electron chi connectivity index (χ4n) is 1.64. The van der Waals surface area contributed by atoms with Crippen LogP contribution in [0.15, 0.2) is 48.7 Å². The maximum atomic E-state index is 11.7. The second kappa shape index (κ2) is 6.31. The molecule has 0 atom stereocenters. The maximum absolute atomic E-state index is 11.7. The van der Waals surface area contributed by atoms with E-state index in [0.717, 1.165) is 11.3 Å². The molecule has 94 valence electrons. The van der Waals surface area contributed by atoms with Crippen LogP contribution in [0.2, 0.25) is 0 Å². The molecule has 0 unspecified atom stereocenters. The number of hydrogen-bond donors (Lipinski definition) is 1. The molecular weight excluding hydrogens is 238 g/mol. The lowest BCUT2D eigenvalue weighted by Gasteiger charge is -2.04. The van der Waals surface area contributed by atoms with E-state index in [4.69, 9.17) is 5.26 Å². The van der Waals surface area contributed by atoms with Gasteiger partial charge in [-0.25, -0.2) is 0 Å². The molecule has 4 nitrogen and oxygen atoms in total. The highest BCUT2D eigenvalue weighted by Crippen LogP contribution is 2.04. The smallest absolute Gasteiger partial charge is 0.224 e. The highest BCUT2D eigenvalue weighted by atomic mass is 16.1. The molecule has 0 aliphatic heterocycles. The van der Waals surface area contributed by atoms with Gasteiger partial charge in [0, 0.05) is 6.20 Å². The van der Waals surface area contributed by atoms with Gasteiger partial charge < -0.3 is 5.32 Å². The number of carbonyl (C=O) groups is 1. The normalized spacial score (nSPS) is 9.63. The summed E-state index contributed by atoms with van der Waals surface area (Å²) in [7, 11) is 0. The van der Waals surface area contributed by atoms with E-state index < -0.39 is 0 Å². The molecule has 0 radical (unpaired) electrons. The Morgan fingerprint density at radius 3 is 2.63 bits per heavy atom. The van der Waals surface area contributed by atoms with Crippen molar-refractivity contribution in [2.75, 3.05) is 0 Å². The van der Waals surface area contributed by atoms with Gasteiger partial charge in [-0.3, -0.25) is 9.78 Å². The minimum atomic E-state index is -0.0599. The molecule has 1 N–H and O–H groups in total. The Labute approximate surface area is 111 Å². The highest BCUT2D eigenvalue weighted by Gasteiger charge is 2.03. The van der Waals surface area contributed by atoms with Crippen LogP contribution in [0, 0.1) is 11.3 Å². The molecule has 2 rings (SSSR count). The minimum absolute atomic E-state index is 0.0599. The standard InChI is InChI=1S/C15H13N3O/c16-10-13-6-4-12(5-7-13)9-15(19)18-11-14-3-1-2-8-17-14/h1-8H,9,11H2,(H,18,19). The van der Waals surface area contributed by atoms with Crippen LogP contribution in [0.4, 0.5) is 0 Å². The Kier molecular flexibility index (Phi) is 4.25. The molecule has 1 aromatic heterocycles. The van der Waals surface area contributed by atoms with Gasteiger partial charge in [-0.05, 0) is 29.8 Å². The summed E-state index contributed by atoms with van der Waals surface area (Å²) in [6.07, 6.45) is 2.00. The lowest BCUT2D eigenvalue weighted by Crippen LogP contribution is -2.24. The van der Waals surface area contributed by atoms with Crippen molar-refractivity contribution in [1.29, 1.82) is 5.26 Å². The van der Waals surface area contributed by atoms with E-state index in [2.05, 4.69) is 10.3 Å². The Morgan fingerprint density at radius 1 is 1.21 bits per heavy atom. The van der Waals surface area contributed by atoms with Crippen molar-refractivity contribution in [3.8, 4) is 6.07 Å². The average Bonchev–Trinajstić information content (AvgIpc) is 2.47. The summed E-state index contributed by atoms with van der Waals surface area (Å²) in [4.78, 5) is 15.9. The zero-order valence-electron chi connectivity index (χ0n) is 10.3. The third-order valence-electron chi connectivity index (χ3n) is 2.64. The number of aromatic nitrogens is 1. The summed E-state index contributed by atoms with van der Waals surface area (Å²) < 4.78 is 0. The van der Waals surface area contributed by atoms with E-state index in [9.17, 15) is 4.79 Å². The lowest BCUT2D eigenvalue weighted by molar-refractivity contribution is -0.120. The van der Waals surface area contributed by atoms with Gasteiger partial charge in [0.15, 0.2) is 0 Å². The molecule has 4 heteroatoms. The quantitative estimate of drug-likeness (QED) is 0.901. The summed E-state index contributed by atoms with van der Waals surface area (Å²) in [5.74, 6) is -0.0599. The molecule has 1 heterocycles. The molecule has 0 saturated heterocycles. The Morgan fingerprint density at radius 2 is 2.00 bits per heavy atom. The molecule has 2 aromatic rings. The summed E-state index contributed by atoms with van der Waals surface area (Å²) in [6.45, 7) is 0.427. The first-order valence-electron chi connectivity index (χ1n) is 5.93. The van der Waals surface area contributed by atoms with Gasteiger partial charge in [-0.15, -0.1) is 0 Å². The van der Waals surface area contributed by atoms with E-state index in [1.54, 1.807) is 30.5 Å². The van der Waals surface area contributed by atoms with Crippen molar-refractivity contribution in [3.05, 3.63) is 65.5 Å². The number of hydrogen-bond acceptors (Lipinski definition) is 3. The van der Waals surface area contributed by atoms with Gasteiger partial charge in [0.1, 0.15) is 0 Å². The molecule has 0 fully saturated rings. The SMILES string of the molecule is N#Cc1ccc(CC(=O)NCc2ccccn2)cc1. The second-order valence-corrected chi connectivity index (χ2v) is 4.08. The molecule has 0 spiro atoms. The average molecular weight is 251 g/mol. The van der Waals surface area contributed by atoms with Crippen LogP contribution in [-0.4, -0.2) is 10.9 Å². The molecule has 1 amide bonds. The maximum Gasteiger partial charge on any atom is 0.224 e. The van der Waals surface area contributed by atoms with E-state index in [1.807, 2.05) is 24.3 Å². The third-order valence-corrected chi connectivity index (χ3v) is 2.64. The molecule has 0 aliphatic carbocycles. The van der Waals surface area contributed by atoms with Crippen molar-refractivity contribution in [1.82, 2.24) is 10.3 Å². The van der Waals surface area contributed by atoms with Gasteiger partial charge in [0.25, 0.3) is 0 Å². The van der Waals surface area contributed by atoms with E-state index >= 15 is 0 Å². The Bertz CT molecular complexity index is 585. The van der Waals surface area contributed by atoms with E-state index in [1.165, 1.54) is 0 Å². The van der Waals surface area contributed by atoms with Crippen LogP contribution >= 0.6 is 0 Å². The van der Waals surface area contributed by atoms with Crippen LogP contribution in [0.3, 0.4) is 0 Å². The number of benzene rings is 1. The minimum Gasteiger partial charge on any atom is -0.350 e.